The average Bonchev–Trinajstić information content (AvgIpc) is 2.60. The Morgan fingerprint density at radius 3 is 2.19 bits per heavy atom. The number of esters is 2. The molecule has 1 unspecified atom stereocenters. The minimum Gasteiger partial charge on any atom is -0.466 e. The van der Waals surface area contributed by atoms with Crippen molar-refractivity contribution in [3.05, 3.63) is 0 Å². The van der Waals surface area contributed by atoms with Gasteiger partial charge in [-0.25, -0.2) is 0 Å². The van der Waals surface area contributed by atoms with E-state index < -0.39 is 0 Å². The summed E-state index contributed by atoms with van der Waals surface area (Å²) in [5.74, 6) is 2.14. The Morgan fingerprint density at radius 1 is 0.963 bits per heavy atom. The molecule has 0 rings (SSSR count). The van der Waals surface area contributed by atoms with Crippen molar-refractivity contribution >= 4 is 23.7 Å². The van der Waals surface area contributed by atoms with E-state index in [2.05, 4.69) is 0 Å². The SMILES string of the molecule is CCOC(=O)C(CSCCCCCCCCC(=O)OCC(C)C)CN(C)C. The van der Waals surface area contributed by atoms with Crippen molar-refractivity contribution in [1.82, 2.24) is 4.90 Å². The van der Waals surface area contributed by atoms with Crippen molar-refractivity contribution in [3.63, 3.8) is 0 Å². The van der Waals surface area contributed by atoms with Gasteiger partial charge in [0.1, 0.15) is 0 Å². The van der Waals surface area contributed by atoms with E-state index in [-0.39, 0.29) is 17.9 Å². The van der Waals surface area contributed by atoms with Crippen molar-refractivity contribution < 1.29 is 19.1 Å². The van der Waals surface area contributed by atoms with Gasteiger partial charge in [-0.05, 0) is 45.5 Å². The Bertz CT molecular complexity index is 388. The van der Waals surface area contributed by atoms with Crippen LogP contribution in [0.3, 0.4) is 0 Å². The van der Waals surface area contributed by atoms with Crippen molar-refractivity contribution in [2.24, 2.45) is 11.8 Å². The van der Waals surface area contributed by atoms with E-state index in [1.54, 1.807) is 0 Å². The second-order valence-corrected chi connectivity index (χ2v) is 8.88. The molecule has 0 aromatic carbocycles. The van der Waals surface area contributed by atoms with Gasteiger partial charge >= 0.3 is 11.9 Å². The first-order valence-corrected chi connectivity index (χ1v) is 11.6. The highest BCUT2D eigenvalue weighted by atomic mass is 32.2. The summed E-state index contributed by atoms with van der Waals surface area (Å²) in [6, 6.07) is 0. The monoisotopic (exact) mass is 403 g/mol. The molecule has 0 bridgehead atoms. The van der Waals surface area contributed by atoms with E-state index in [1.165, 1.54) is 25.7 Å². The van der Waals surface area contributed by atoms with Crippen molar-refractivity contribution in [2.75, 3.05) is 45.4 Å². The second-order valence-electron chi connectivity index (χ2n) is 7.73. The van der Waals surface area contributed by atoms with E-state index in [1.807, 2.05) is 51.5 Å². The van der Waals surface area contributed by atoms with Gasteiger partial charge in [0.05, 0.1) is 19.1 Å². The summed E-state index contributed by atoms with van der Waals surface area (Å²) in [5, 5.41) is 0. The predicted molar refractivity (Wildman–Crippen MR) is 114 cm³/mol. The topological polar surface area (TPSA) is 55.8 Å². The lowest BCUT2D eigenvalue weighted by Crippen LogP contribution is -2.31. The van der Waals surface area contributed by atoms with E-state index >= 15 is 0 Å². The lowest BCUT2D eigenvalue weighted by Gasteiger charge is -2.19. The number of hydrogen-bond donors (Lipinski definition) is 0. The summed E-state index contributed by atoms with van der Waals surface area (Å²) < 4.78 is 10.3. The van der Waals surface area contributed by atoms with Crippen LogP contribution >= 0.6 is 11.8 Å². The molecule has 0 aliphatic carbocycles. The van der Waals surface area contributed by atoms with Gasteiger partial charge in [-0.1, -0.05) is 39.5 Å². The summed E-state index contributed by atoms with van der Waals surface area (Å²) in [7, 11) is 3.97. The maximum atomic E-state index is 12.0. The van der Waals surface area contributed by atoms with E-state index in [4.69, 9.17) is 9.47 Å². The third kappa shape index (κ3) is 17.1. The van der Waals surface area contributed by atoms with Crippen LogP contribution in [0.15, 0.2) is 0 Å². The molecule has 0 radical (unpaired) electrons. The first-order chi connectivity index (χ1) is 12.9. The third-order valence-electron chi connectivity index (χ3n) is 4.02. The summed E-state index contributed by atoms with van der Waals surface area (Å²) in [6.45, 7) is 7.67. The zero-order chi connectivity index (χ0) is 20.5. The number of carbonyl (C=O) groups is 2. The van der Waals surface area contributed by atoms with Crippen molar-refractivity contribution in [2.45, 2.75) is 65.7 Å². The largest absolute Gasteiger partial charge is 0.466 e. The smallest absolute Gasteiger partial charge is 0.311 e. The van der Waals surface area contributed by atoms with Gasteiger partial charge < -0.3 is 14.4 Å². The molecule has 0 heterocycles. The molecule has 0 aromatic heterocycles. The molecule has 160 valence electrons. The molecule has 1 atom stereocenters. The van der Waals surface area contributed by atoms with Crippen LogP contribution in [-0.2, 0) is 19.1 Å². The molecule has 0 saturated heterocycles. The minimum absolute atomic E-state index is 0.0413. The summed E-state index contributed by atoms with van der Waals surface area (Å²) in [6.07, 6.45) is 7.34. The van der Waals surface area contributed by atoms with Crippen LogP contribution in [-0.4, -0.2) is 62.2 Å². The van der Waals surface area contributed by atoms with Crippen molar-refractivity contribution in [1.29, 1.82) is 0 Å². The zero-order valence-electron chi connectivity index (χ0n) is 18.1. The maximum Gasteiger partial charge on any atom is 0.311 e. The van der Waals surface area contributed by atoms with Gasteiger partial charge in [-0.3, -0.25) is 9.59 Å². The van der Waals surface area contributed by atoms with Crippen molar-refractivity contribution in [3.8, 4) is 0 Å². The lowest BCUT2D eigenvalue weighted by molar-refractivity contribution is -0.147. The molecule has 0 aliphatic heterocycles. The number of thioether (sulfide) groups is 1. The third-order valence-corrected chi connectivity index (χ3v) is 5.24. The molecule has 0 aromatic rings. The van der Waals surface area contributed by atoms with Crippen LogP contribution in [0.25, 0.3) is 0 Å². The van der Waals surface area contributed by atoms with Crippen LogP contribution in [0.2, 0.25) is 0 Å². The van der Waals surface area contributed by atoms with Gasteiger partial charge in [-0.15, -0.1) is 0 Å². The Labute approximate surface area is 170 Å². The first-order valence-electron chi connectivity index (χ1n) is 10.4. The summed E-state index contributed by atoms with van der Waals surface area (Å²) in [5.41, 5.74) is 0. The number of carbonyl (C=O) groups excluding carboxylic acids is 2. The van der Waals surface area contributed by atoms with E-state index in [9.17, 15) is 9.59 Å². The molecule has 27 heavy (non-hydrogen) atoms. The quantitative estimate of drug-likeness (QED) is 0.265. The Hall–Kier alpha value is -0.750. The molecular weight excluding hydrogens is 362 g/mol. The highest BCUT2D eigenvalue weighted by Gasteiger charge is 2.20. The van der Waals surface area contributed by atoms with Gasteiger partial charge in [-0.2, -0.15) is 11.8 Å². The molecule has 0 amide bonds. The van der Waals surface area contributed by atoms with Crippen LogP contribution in [0.4, 0.5) is 0 Å². The lowest BCUT2D eigenvalue weighted by atomic mass is 10.1. The normalized spacial score (nSPS) is 12.4. The van der Waals surface area contributed by atoms with Crippen LogP contribution in [0.1, 0.15) is 65.7 Å². The summed E-state index contributed by atoms with van der Waals surface area (Å²) >= 11 is 1.85. The molecule has 0 N–H and O–H groups in total. The van der Waals surface area contributed by atoms with Gasteiger partial charge in [0.2, 0.25) is 0 Å². The molecule has 0 fully saturated rings. The predicted octanol–water partition coefficient (Wildman–Crippen LogP) is 4.39. The number of nitrogens with zero attached hydrogens (tertiary/aromatic N) is 1. The molecule has 5 nitrogen and oxygen atoms in total. The van der Waals surface area contributed by atoms with Gasteiger partial charge in [0, 0.05) is 18.7 Å². The van der Waals surface area contributed by atoms with Crippen LogP contribution in [0, 0.1) is 11.8 Å². The first kappa shape index (κ1) is 26.2. The molecular formula is C21H41NO4S. The van der Waals surface area contributed by atoms with Gasteiger partial charge in [0.15, 0.2) is 0 Å². The van der Waals surface area contributed by atoms with Crippen LogP contribution < -0.4 is 0 Å². The fourth-order valence-corrected chi connectivity index (χ4v) is 3.74. The fraction of sp³-hybridized carbons (Fsp3) is 0.905. The Morgan fingerprint density at radius 2 is 1.59 bits per heavy atom. The van der Waals surface area contributed by atoms with E-state index in [0.29, 0.717) is 25.6 Å². The zero-order valence-corrected chi connectivity index (χ0v) is 18.9. The van der Waals surface area contributed by atoms with Gasteiger partial charge in [0.25, 0.3) is 0 Å². The molecule has 6 heteroatoms. The van der Waals surface area contributed by atoms with E-state index in [0.717, 1.165) is 30.9 Å². The van der Waals surface area contributed by atoms with Crippen LogP contribution in [0.5, 0.6) is 0 Å². The molecule has 0 aliphatic rings. The minimum atomic E-state index is -0.0781. The highest BCUT2D eigenvalue weighted by molar-refractivity contribution is 7.99. The number of unbranched alkanes of at least 4 members (excludes halogenated alkanes) is 5. The number of ether oxygens (including phenoxy) is 2. The molecule has 0 saturated carbocycles. The Balaban J connectivity index is 3.59. The standard InChI is InChI=1S/C21H41NO4S/c1-6-25-21(24)19(15-22(4)5)17-27-14-12-10-8-7-9-11-13-20(23)26-16-18(2)3/h18-19H,6-17H2,1-5H3. The number of hydrogen-bond acceptors (Lipinski definition) is 6. The maximum absolute atomic E-state index is 12.0. The summed E-state index contributed by atoms with van der Waals surface area (Å²) in [4.78, 5) is 25.5. The Kier molecular flexibility index (Phi) is 16.9. The fourth-order valence-electron chi connectivity index (χ4n) is 2.63. The highest BCUT2D eigenvalue weighted by Crippen LogP contribution is 2.15. The molecule has 0 spiro atoms. The second kappa shape index (κ2) is 17.4. The average molecular weight is 404 g/mol. The number of rotatable bonds is 17.